The highest BCUT2D eigenvalue weighted by atomic mass is 16.2. The number of nitrogen functional groups attached to an aromatic ring is 1. The number of nitrogens with zero attached hydrogens (tertiary/aromatic N) is 3. The molecule has 0 spiro atoms. The van der Waals surface area contributed by atoms with Crippen LogP contribution in [-0.2, 0) is 6.54 Å². The van der Waals surface area contributed by atoms with Gasteiger partial charge < -0.3 is 10.1 Å². The Bertz CT molecular complexity index is 825. The summed E-state index contributed by atoms with van der Waals surface area (Å²) >= 11 is 0. The first-order chi connectivity index (χ1) is 9.13. The van der Waals surface area contributed by atoms with Crippen molar-refractivity contribution in [3.63, 3.8) is 0 Å². The summed E-state index contributed by atoms with van der Waals surface area (Å²) in [6, 6.07) is 5.65. The van der Waals surface area contributed by atoms with Gasteiger partial charge in [0.05, 0.1) is 12.2 Å². The van der Waals surface area contributed by atoms with Crippen molar-refractivity contribution in [1.29, 1.82) is 0 Å². The van der Waals surface area contributed by atoms with E-state index >= 15 is 0 Å². The number of aromatic amines is 1. The van der Waals surface area contributed by atoms with Gasteiger partial charge in [-0.05, 0) is 12.1 Å². The van der Waals surface area contributed by atoms with Gasteiger partial charge in [-0.2, -0.15) is 0 Å². The summed E-state index contributed by atoms with van der Waals surface area (Å²) in [6.45, 7) is 0.251. The lowest BCUT2D eigenvalue weighted by molar-refractivity contribution is 0.711. The van der Waals surface area contributed by atoms with Crippen LogP contribution in [0.15, 0.2) is 46.4 Å². The Morgan fingerprint density at radius 3 is 2.89 bits per heavy atom. The Kier molecular flexibility index (Phi) is 2.45. The number of aromatic nitrogens is 4. The molecule has 0 aliphatic rings. The number of anilines is 1. The fraction of sp³-hybridized carbons (Fsp3) is 0.0833. The van der Waals surface area contributed by atoms with E-state index in [1.165, 1.54) is 10.8 Å². The van der Waals surface area contributed by atoms with Crippen molar-refractivity contribution in [2.24, 2.45) is 0 Å². The predicted molar refractivity (Wildman–Crippen MR) is 70.0 cm³/mol. The highest BCUT2D eigenvalue weighted by molar-refractivity contribution is 5.39. The molecule has 0 aliphatic heterocycles. The second kappa shape index (κ2) is 4.13. The first-order valence-corrected chi connectivity index (χ1v) is 5.65. The van der Waals surface area contributed by atoms with Gasteiger partial charge in [-0.3, -0.25) is 14.3 Å². The molecule has 0 fully saturated rings. The maximum Gasteiger partial charge on any atom is 0.328 e. The molecule has 19 heavy (non-hydrogen) atoms. The lowest BCUT2D eigenvalue weighted by Crippen LogP contribution is -2.31. The lowest BCUT2D eigenvalue weighted by Gasteiger charge is -2.02. The quantitative estimate of drug-likeness (QED) is 0.665. The molecule has 0 atom stereocenters. The summed E-state index contributed by atoms with van der Waals surface area (Å²) in [5.74, 6) is 0. The lowest BCUT2D eigenvalue weighted by atomic mass is 10.4. The zero-order valence-corrected chi connectivity index (χ0v) is 9.91. The third kappa shape index (κ3) is 2.01. The van der Waals surface area contributed by atoms with Crippen LogP contribution in [0.25, 0.3) is 5.65 Å². The van der Waals surface area contributed by atoms with E-state index in [4.69, 9.17) is 5.73 Å². The van der Waals surface area contributed by atoms with Crippen molar-refractivity contribution in [1.82, 2.24) is 18.9 Å². The minimum absolute atomic E-state index is 0.00311. The third-order valence-electron chi connectivity index (χ3n) is 2.78. The Morgan fingerprint density at radius 1 is 1.26 bits per heavy atom. The first kappa shape index (κ1) is 11.3. The number of fused-ring (bicyclic) bond motifs is 1. The van der Waals surface area contributed by atoms with Crippen LogP contribution in [0, 0.1) is 0 Å². The molecule has 3 aromatic rings. The average Bonchev–Trinajstić information content (AvgIpc) is 2.78. The van der Waals surface area contributed by atoms with Crippen molar-refractivity contribution < 1.29 is 0 Å². The Balaban J connectivity index is 2.03. The maximum absolute atomic E-state index is 11.6. The predicted octanol–water partition coefficient (Wildman–Crippen LogP) is -0.185. The van der Waals surface area contributed by atoms with Crippen LogP contribution in [0.3, 0.4) is 0 Å². The van der Waals surface area contributed by atoms with Crippen LogP contribution in [0.1, 0.15) is 5.69 Å². The molecule has 0 amide bonds. The van der Waals surface area contributed by atoms with Crippen LogP contribution < -0.4 is 17.0 Å². The molecule has 7 heteroatoms. The molecule has 0 unspecified atom stereocenters. The summed E-state index contributed by atoms with van der Waals surface area (Å²) < 4.78 is 3.17. The standard InChI is InChI=1S/C12H11N5O2/c13-9-7-17(12(19)15-11(9)18)6-8-5-16-4-2-1-3-10(16)14-8/h1-5,7H,6,13H2,(H,15,18,19). The summed E-state index contributed by atoms with van der Waals surface area (Å²) in [4.78, 5) is 29.3. The van der Waals surface area contributed by atoms with Crippen LogP contribution in [0.5, 0.6) is 0 Å². The first-order valence-electron chi connectivity index (χ1n) is 5.65. The molecule has 0 saturated carbocycles. The minimum Gasteiger partial charge on any atom is -0.393 e. The molecular weight excluding hydrogens is 246 g/mol. The van der Waals surface area contributed by atoms with Crippen molar-refractivity contribution in [2.45, 2.75) is 6.54 Å². The van der Waals surface area contributed by atoms with Crippen molar-refractivity contribution in [3.05, 3.63) is 63.3 Å². The van der Waals surface area contributed by atoms with Gasteiger partial charge >= 0.3 is 5.69 Å². The molecule has 0 radical (unpaired) electrons. The normalized spacial score (nSPS) is 10.9. The molecule has 3 aromatic heterocycles. The molecule has 0 saturated heterocycles. The number of nitrogens with two attached hydrogens (primary N) is 1. The van der Waals surface area contributed by atoms with Crippen molar-refractivity contribution in [3.8, 4) is 0 Å². The van der Waals surface area contributed by atoms with E-state index in [9.17, 15) is 9.59 Å². The second-order valence-electron chi connectivity index (χ2n) is 4.17. The summed E-state index contributed by atoms with van der Waals surface area (Å²) in [5, 5.41) is 0. The molecule has 0 aliphatic carbocycles. The topological polar surface area (TPSA) is 98.2 Å². The van der Waals surface area contributed by atoms with Crippen LogP contribution in [0.4, 0.5) is 5.69 Å². The van der Waals surface area contributed by atoms with E-state index < -0.39 is 11.2 Å². The van der Waals surface area contributed by atoms with Gasteiger partial charge in [0.15, 0.2) is 0 Å². The van der Waals surface area contributed by atoms with Crippen LogP contribution in [-0.4, -0.2) is 18.9 Å². The van der Waals surface area contributed by atoms with Crippen LogP contribution in [0.2, 0.25) is 0 Å². The van der Waals surface area contributed by atoms with Crippen LogP contribution >= 0.6 is 0 Å². The highest BCUT2D eigenvalue weighted by Crippen LogP contribution is 2.05. The highest BCUT2D eigenvalue weighted by Gasteiger charge is 2.05. The van der Waals surface area contributed by atoms with E-state index in [1.807, 2.05) is 35.0 Å². The minimum atomic E-state index is -0.573. The Labute approximate surface area is 107 Å². The summed E-state index contributed by atoms with van der Waals surface area (Å²) in [5.41, 5.74) is 5.92. The molecule has 3 N–H and O–H groups in total. The van der Waals surface area contributed by atoms with Gasteiger partial charge in [-0.15, -0.1) is 0 Å². The SMILES string of the molecule is Nc1cn(Cc2cn3ccccc3n2)c(=O)[nH]c1=O. The second-order valence-corrected chi connectivity index (χ2v) is 4.17. The number of pyridine rings is 1. The number of hydrogen-bond acceptors (Lipinski definition) is 4. The van der Waals surface area contributed by atoms with E-state index in [0.717, 1.165) is 5.65 Å². The Hall–Kier alpha value is -2.83. The largest absolute Gasteiger partial charge is 0.393 e. The van der Waals surface area contributed by atoms with Gasteiger partial charge in [0.2, 0.25) is 0 Å². The van der Waals surface area contributed by atoms with Gasteiger partial charge in [-0.25, -0.2) is 9.78 Å². The van der Waals surface area contributed by atoms with Gasteiger partial charge in [0.25, 0.3) is 5.56 Å². The average molecular weight is 257 g/mol. The molecule has 3 rings (SSSR count). The molecule has 96 valence electrons. The smallest absolute Gasteiger partial charge is 0.328 e. The van der Waals surface area contributed by atoms with Gasteiger partial charge in [0.1, 0.15) is 11.3 Å². The number of imidazole rings is 1. The van der Waals surface area contributed by atoms with E-state index in [0.29, 0.717) is 5.69 Å². The van der Waals surface area contributed by atoms with Crippen molar-refractivity contribution in [2.75, 3.05) is 5.73 Å². The molecule has 3 heterocycles. The van der Waals surface area contributed by atoms with Gasteiger partial charge in [-0.1, -0.05) is 6.07 Å². The third-order valence-corrected chi connectivity index (χ3v) is 2.78. The monoisotopic (exact) mass is 257 g/mol. The molecule has 0 aromatic carbocycles. The van der Waals surface area contributed by atoms with Gasteiger partial charge in [0, 0.05) is 18.6 Å². The van der Waals surface area contributed by atoms with E-state index in [1.54, 1.807) is 0 Å². The summed E-state index contributed by atoms with van der Waals surface area (Å²) in [7, 11) is 0. The Morgan fingerprint density at radius 2 is 2.11 bits per heavy atom. The van der Waals surface area contributed by atoms with E-state index in [-0.39, 0.29) is 12.2 Å². The summed E-state index contributed by atoms with van der Waals surface area (Å²) in [6.07, 6.45) is 5.02. The molecule has 7 nitrogen and oxygen atoms in total. The van der Waals surface area contributed by atoms with E-state index in [2.05, 4.69) is 9.97 Å². The molecule has 0 bridgehead atoms. The fourth-order valence-electron chi connectivity index (χ4n) is 1.88. The number of hydrogen-bond donors (Lipinski definition) is 2. The molecular formula is C12H11N5O2. The fourth-order valence-corrected chi connectivity index (χ4v) is 1.88. The number of nitrogens with one attached hydrogen (secondary N) is 1. The number of rotatable bonds is 2. The zero-order chi connectivity index (χ0) is 13.4. The maximum atomic E-state index is 11.6. The number of H-pyrrole nitrogens is 1. The van der Waals surface area contributed by atoms with Crippen molar-refractivity contribution >= 4 is 11.3 Å². The zero-order valence-electron chi connectivity index (χ0n) is 9.91.